The molecule has 0 aliphatic carbocycles. The van der Waals surface area contributed by atoms with Gasteiger partial charge in [-0.25, -0.2) is 4.39 Å². The van der Waals surface area contributed by atoms with Crippen molar-refractivity contribution in [2.75, 3.05) is 6.67 Å². The van der Waals surface area contributed by atoms with Crippen LogP contribution in [0.25, 0.3) is 0 Å². The lowest BCUT2D eigenvalue weighted by atomic mass is 10.1. The first-order valence-electron chi connectivity index (χ1n) is 2.76. The topological polar surface area (TPSA) is 20.2 Å². The van der Waals surface area contributed by atoms with Gasteiger partial charge in [-0.3, -0.25) is 0 Å². The number of aliphatic hydroxyl groups is 1. The Morgan fingerprint density at radius 1 is 1.62 bits per heavy atom. The van der Waals surface area contributed by atoms with Gasteiger partial charge in [0.25, 0.3) is 0 Å². The summed E-state index contributed by atoms with van der Waals surface area (Å²) in [5.74, 6) is 0.265. The van der Waals surface area contributed by atoms with E-state index in [1.54, 1.807) is 6.42 Å². The third-order valence-electron chi connectivity index (χ3n) is 0.765. The molecule has 1 atom stereocenters. The molecule has 0 fully saturated rings. The molecule has 0 spiro atoms. The largest absolute Gasteiger partial charge is 0.390 e. The quantitative estimate of drug-likeness (QED) is 0.591. The lowest BCUT2D eigenvalue weighted by molar-refractivity contribution is 0.159. The smallest absolute Gasteiger partial charge is 0.116 e. The zero-order valence-corrected chi connectivity index (χ0v) is 5.26. The van der Waals surface area contributed by atoms with E-state index in [0.29, 0.717) is 0 Å². The molecule has 0 saturated heterocycles. The molecule has 0 amide bonds. The third kappa shape index (κ3) is 4.06. The summed E-state index contributed by atoms with van der Waals surface area (Å²) in [6, 6.07) is 0. The maximum Gasteiger partial charge on any atom is 0.116 e. The van der Waals surface area contributed by atoms with E-state index in [4.69, 9.17) is 5.11 Å². The molecule has 0 rings (SSSR count). The standard InChI is InChI=1S/C6H12FO/c1-5(2)3-6(8)4-7/h3,5-6,8H,4H2,1-2H3. The van der Waals surface area contributed by atoms with Crippen molar-refractivity contribution in [1.29, 1.82) is 0 Å². The number of aliphatic hydroxyl groups excluding tert-OH is 1. The fraction of sp³-hybridized carbons (Fsp3) is 0.833. The number of rotatable bonds is 3. The molecule has 0 aromatic carbocycles. The molecule has 1 unspecified atom stereocenters. The molecule has 0 saturated carbocycles. The molecule has 0 aliphatic heterocycles. The minimum atomic E-state index is -0.866. The van der Waals surface area contributed by atoms with Crippen LogP contribution in [0.5, 0.6) is 0 Å². The summed E-state index contributed by atoms with van der Waals surface area (Å²) in [7, 11) is 0. The van der Waals surface area contributed by atoms with Crippen molar-refractivity contribution < 1.29 is 9.50 Å². The maximum atomic E-state index is 11.5. The first kappa shape index (κ1) is 7.89. The summed E-state index contributed by atoms with van der Waals surface area (Å²) < 4.78 is 11.5. The van der Waals surface area contributed by atoms with Crippen molar-refractivity contribution in [3.63, 3.8) is 0 Å². The minimum Gasteiger partial charge on any atom is -0.390 e. The molecular formula is C6H12FO. The van der Waals surface area contributed by atoms with Crippen molar-refractivity contribution in [3.8, 4) is 0 Å². The highest BCUT2D eigenvalue weighted by atomic mass is 19.1. The van der Waals surface area contributed by atoms with Crippen LogP contribution >= 0.6 is 0 Å². The van der Waals surface area contributed by atoms with Gasteiger partial charge in [0, 0.05) is 0 Å². The van der Waals surface area contributed by atoms with E-state index < -0.39 is 12.8 Å². The summed E-state index contributed by atoms with van der Waals surface area (Å²) >= 11 is 0. The minimum absolute atomic E-state index is 0.265. The molecule has 1 radical (unpaired) electrons. The van der Waals surface area contributed by atoms with Crippen LogP contribution in [-0.4, -0.2) is 17.9 Å². The van der Waals surface area contributed by atoms with E-state index in [2.05, 4.69) is 0 Å². The fourth-order valence-corrected chi connectivity index (χ4v) is 0.496. The van der Waals surface area contributed by atoms with Crippen molar-refractivity contribution in [2.24, 2.45) is 5.92 Å². The molecule has 1 nitrogen and oxygen atoms in total. The summed E-state index contributed by atoms with van der Waals surface area (Å²) in [6.07, 6.45) is 0.704. The van der Waals surface area contributed by atoms with E-state index in [0.717, 1.165) is 0 Å². The highest BCUT2D eigenvalue weighted by molar-refractivity contribution is 4.77. The fourth-order valence-electron chi connectivity index (χ4n) is 0.496. The molecule has 49 valence electrons. The number of hydrogen-bond acceptors (Lipinski definition) is 1. The molecule has 0 bridgehead atoms. The van der Waals surface area contributed by atoms with E-state index in [1.165, 1.54) is 0 Å². The normalized spacial score (nSPS) is 14.6. The number of hydrogen-bond donors (Lipinski definition) is 1. The van der Waals surface area contributed by atoms with E-state index in [-0.39, 0.29) is 5.92 Å². The van der Waals surface area contributed by atoms with Gasteiger partial charge in [0.05, 0.1) is 6.10 Å². The lowest BCUT2D eigenvalue weighted by Crippen LogP contribution is -2.12. The Morgan fingerprint density at radius 2 is 2.12 bits per heavy atom. The Labute approximate surface area is 49.5 Å². The average Bonchev–Trinajstić information content (AvgIpc) is 1.65. The van der Waals surface area contributed by atoms with Crippen LogP contribution in [0.15, 0.2) is 0 Å². The summed E-state index contributed by atoms with van der Waals surface area (Å²) in [5.41, 5.74) is 0. The van der Waals surface area contributed by atoms with Crippen LogP contribution in [-0.2, 0) is 0 Å². The molecule has 0 heterocycles. The van der Waals surface area contributed by atoms with Crippen molar-refractivity contribution in [2.45, 2.75) is 20.0 Å². The van der Waals surface area contributed by atoms with Crippen LogP contribution in [0, 0.1) is 12.3 Å². The van der Waals surface area contributed by atoms with Gasteiger partial charge in [-0.15, -0.1) is 0 Å². The predicted molar refractivity (Wildman–Crippen MR) is 31.1 cm³/mol. The first-order chi connectivity index (χ1) is 3.66. The zero-order valence-electron chi connectivity index (χ0n) is 5.26. The van der Waals surface area contributed by atoms with Gasteiger partial charge in [0.1, 0.15) is 6.67 Å². The lowest BCUT2D eigenvalue weighted by Gasteiger charge is -2.06. The highest BCUT2D eigenvalue weighted by Gasteiger charge is 2.04. The van der Waals surface area contributed by atoms with Crippen LogP contribution in [0.1, 0.15) is 13.8 Å². The maximum absolute atomic E-state index is 11.5. The van der Waals surface area contributed by atoms with Gasteiger partial charge in [-0.05, 0) is 12.3 Å². The summed E-state index contributed by atoms with van der Waals surface area (Å²) in [5, 5.41) is 8.60. The van der Waals surface area contributed by atoms with Gasteiger partial charge in [-0.2, -0.15) is 0 Å². The van der Waals surface area contributed by atoms with Crippen molar-refractivity contribution >= 4 is 0 Å². The average molecular weight is 119 g/mol. The monoisotopic (exact) mass is 119 g/mol. The van der Waals surface area contributed by atoms with Crippen LogP contribution in [0.3, 0.4) is 0 Å². The summed E-state index contributed by atoms with van der Waals surface area (Å²) in [6.45, 7) is 3.13. The molecule has 2 heteroatoms. The Kier molecular flexibility index (Phi) is 3.79. The number of halogens is 1. The highest BCUT2D eigenvalue weighted by Crippen LogP contribution is 2.02. The van der Waals surface area contributed by atoms with Gasteiger partial charge in [0.15, 0.2) is 0 Å². The van der Waals surface area contributed by atoms with E-state index in [9.17, 15) is 4.39 Å². The van der Waals surface area contributed by atoms with Gasteiger partial charge < -0.3 is 5.11 Å². The van der Waals surface area contributed by atoms with Gasteiger partial charge >= 0.3 is 0 Å². The molecule has 8 heavy (non-hydrogen) atoms. The van der Waals surface area contributed by atoms with E-state index in [1.807, 2.05) is 13.8 Å². The Hall–Kier alpha value is -0.110. The number of alkyl halides is 1. The van der Waals surface area contributed by atoms with Crippen molar-refractivity contribution in [1.82, 2.24) is 0 Å². The van der Waals surface area contributed by atoms with Crippen LogP contribution in [0.2, 0.25) is 0 Å². The SMILES string of the molecule is CC(C)[CH]C(O)CF. The van der Waals surface area contributed by atoms with Gasteiger partial charge in [-0.1, -0.05) is 13.8 Å². The molecule has 0 aromatic heterocycles. The van der Waals surface area contributed by atoms with Crippen molar-refractivity contribution in [3.05, 3.63) is 6.42 Å². The molecule has 1 N–H and O–H groups in total. The zero-order chi connectivity index (χ0) is 6.57. The second kappa shape index (κ2) is 3.84. The second-order valence-corrected chi connectivity index (χ2v) is 2.16. The van der Waals surface area contributed by atoms with E-state index >= 15 is 0 Å². The van der Waals surface area contributed by atoms with Crippen LogP contribution in [0.4, 0.5) is 4.39 Å². The molecule has 0 aliphatic rings. The van der Waals surface area contributed by atoms with Gasteiger partial charge in [0.2, 0.25) is 0 Å². The molecular weight excluding hydrogens is 107 g/mol. The second-order valence-electron chi connectivity index (χ2n) is 2.16. The first-order valence-corrected chi connectivity index (χ1v) is 2.76. The Morgan fingerprint density at radius 3 is 2.25 bits per heavy atom. The Bertz CT molecular complexity index is 54.5. The third-order valence-corrected chi connectivity index (χ3v) is 0.765. The molecule has 0 aromatic rings. The predicted octanol–water partition coefficient (Wildman–Crippen LogP) is 1.18. The summed E-state index contributed by atoms with van der Waals surface area (Å²) in [4.78, 5) is 0. The Balaban J connectivity index is 3.10. The van der Waals surface area contributed by atoms with Crippen LogP contribution < -0.4 is 0 Å².